The molecule has 0 aliphatic carbocycles. The van der Waals surface area contributed by atoms with Crippen molar-refractivity contribution in [1.82, 2.24) is 10.2 Å². The third-order valence-corrected chi connectivity index (χ3v) is 4.37. The van der Waals surface area contributed by atoms with Gasteiger partial charge < -0.3 is 24.8 Å². The van der Waals surface area contributed by atoms with Crippen LogP contribution in [0.4, 0.5) is 5.69 Å². The zero-order chi connectivity index (χ0) is 19.3. The topological polar surface area (TPSA) is 67.4 Å². The first-order chi connectivity index (χ1) is 13.2. The Morgan fingerprint density at radius 1 is 1.30 bits per heavy atom. The zero-order valence-electron chi connectivity index (χ0n) is 16.9. The highest BCUT2D eigenvalue weighted by Crippen LogP contribution is 2.17. The van der Waals surface area contributed by atoms with Crippen molar-refractivity contribution < 1.29 is 14.2 Å². The summed E-state index contributed by atoms with van der Waals surface area (Å²) >= 11 is 0. The summed E-state index contributed by atoms with van der Waals surface area (Å²) in [4.78, 5) is 6.78. The van der Waals surface area contributed by atoms with Crippen molar-refractivity contribution in [2.45, 2.75) is 13.3 Å². The highest BCUT2D eigenvalue weighted by Gasteiger charge is 2.14. The van der Waals surface area contributed by atoms with Crippen LogP contribution in [0.1, 0.15) is 13.3 Å². The lowest BCUT2D eigenvalue weighted by molar-refractivity contribution is 0.0320. The Kier molecular flexibility index (Phi) is 9.97. The molecule has 1 aliphatic heterocycles. The minimum atomic E-state index is 0.525. The summed E-state index contributed by atoms with van der Waals surface area (Å²) in [5.41, 5.74) is 0.952. The number of guanidine groups is 1. The van der Waals surface area contributed by atoms with Gasteiger partial charge in [-0.1, -0.05) is 13.0 Å². The SMILES string of the molecule is CN=C(NCC(C)CN1CCOCC1)Nc1cccc(OCCCOC)c1. The Bertz CT molecular complexity index is 562. The standard InChI is InChI=1S/C20H34N4O3/c1-17(16-24-8-12-26-13-9-24)15-22-20(21-2)23-18-6-4-7-19(14-18)27-11-5-10-25-3/h4,6-7,14,17H,5,8-13,15-16H2,1-3H3,(H2,21,22,23). The van der Waals surface area contributed by atoms with Crippen LogP contribution in [0, 0.1) is 5.92 Å². The largest absolute Gasteiger partial charge is 0.493 e. The summed E-state index contributed by atoms with van der Waals surface area (Å²) in [7, 11) is 3.48. The first kappa shape index (κ1) is 21.5. The van der Waals surface area contributed by atoms with Gasteiger partial charge in [0.15, 0.2) is 5.96 Å². The fraction of sp³-hybridized carbons (Fsp3) is 0.650. The molecule has 0 saturated carbocycles. The lowest BCUT2D eigenvalue weighted by atomic mass is 10.1. The van der Waals surface area contributed by atoms with Gasteiger partial charge >= 0.3 is 0 Å². The van der Waals surface area contributed by atoms with E-state index >= 15 is 0 Å². The molecule has 1 aromatic rings. The van der Waals surface area contributed by atoms with Gasteiger partial charge in [0.1, 0.15) is 5.75 Å². The van der Waals surface area contributed by atoms with Crippen LogP contribution in [-0.2, 0) is 9.47 Å². The third-order valence-electron chi connectivity index (χ3n) is 4.37. The molecule has 1 aromatic carbocycles. The molecule has 0 radical (unpaired) electrons. The van der Waals surface area contributed by atoms with E-state index in [1.165, 1.54) is 0 Å². The van der Waals surface area contributed by atoms with Gasteiger partial charge in [-0.15, -0.1) is 0 Å². The van der Waals surface area contributed by atoms with Crippen molar-refractivity contribution in [3.63, 3.8) is 0 Å². The second-order valence-electron chi connectivity index (χ2n) is 6.82. The van der Waals surface area contributed by atoms with E-state index in [2.05, 4.69) is 27.4 Å². The van der Waals surface area contributed by atoms with Crippen molar-refractivity contribution in [3.05, 3.63) is 24.3 Å². The second-order valence-corrected chi connectivity index (χ2v) is 6.82. The summed E-state index contributed by atoms with van der Waals surface area (Å²) in [6.07, 6.45) is 0.873. The fourth-order valence-electron chi connectivity index (χ4n) is 2.93. The van der Waals surface area contributed by atoms with E-state index in [9.17, 15) is 0 Å². The summed E-state index contributed by atoms with van der Waals surface area (Å²) in [6, 6.07) is 7.92. The lowest BCUT2D eigenvalue weighted by Crippen LogP contribution is -2.42. The number of ether oxygens (including phenoxy) is 3. The van der Waals surface area contributed by atoms with Crippen molar-refractivity contribution in [2.24, 2.45) is 10.9 Å². The summed E-state index contributed by atoms with van der Waals surface area (Å²) in [5, 5.41) is 6.74. The molecular weight excluding hydrogens is 344 g/mol. The first-order valence-corrected chi connectivity index (χ1v) is 9.71. The average Bonchev–Trinajstić information content (AvgIpc) is 2.69. The van der Waals surface area contributed by atoms with E-state index in [0.29, 0.717) is 19.1 Å². The maximum absolute atomic E-state index is 5.75. The Balaban J connectivity index is 1.75. The van der Waals surface area contributed by atoms with E-state index < -0.39 is 0 Å². The van der Waals surface area contributed by atoms with Gasteiger partial charge in [-0.2, -0.15) is 0 Å². The number of aliphatic imine (C=N–C) groups is 1. The third kappa shape index (κ3) is 8.60. The average molecular weight is 379 g/mol. The van der Waals surface area contributed by atoms with Crippen LogP contribution in [0.15, 0.2) is 29.3 Å². The number of benzene rings is 1. The molecule has 7 heteroatoms. The van der Waals surface area contributed by atoms with E-state index in [1.807, 2.05) is 24.3 Å². The van der Waals surface area contributed by atoms with Gasteiger partial charge in [0, 0.05) is 65.1 Å². The number of anilines is 1. The quantitative estimate of drug-likeness (QED) is 0.369. The van der Waals surface area contributed by atoms with E-state index in [0.717, 1.165) is 63.2 Å². The summed E-state index contributed by atoms with van der Waals surface area (Å²) in [6.45, 7) is 9.26. The van der Waals surface area contributed by atoms with E-state index in [1.54, 1.807) is 14.2 Å². The fourth-order valence-corrected chi connectivity index (χ4v) is 2.93. The molecule has 1 unspecified atom stereocenters. The van der Waals surface area contributed by atoms with Crippen molar-refractivity contribution >= 4 is 11.6 Å². The van der Waals surface area contributed by atoms with Crippen LogP contribution in [0.2, 0.25) is 0 Å². The maximum atomic E-state index is 5.75. The van der Waals surface area contributed by atoms with Gasteiger partial charge in [0.25, 0.3) is 0 Å². The van der Waals surface area contributed by atoms with Crippen molar-refractivity contribution in [1.29, 1.82) is 0 Å². The zero-order valence-corrected chi connectivity index (χ0v) is 16.9. The normalized spacial score (nSPS) is 16.8. The monoisotopic (exact) mass is 378 g/mol. The molecule has 0 amide bonds. The molecule has 0 spiro atoms. The Morgan fingerprint density at radius 3 is 2.85 bits per heavy atom. The first-order valence-electron chi connectivity index (χ1n) is 9.71. The Hall–Kier alpha value is -1.83. The highest BCUT2D eigenvalue weighted by molar-refractivity contribution is 5.93. The number of rotatable bonds is 10. The smallest absolute Gasteiger partial charge is 0.195 e. The van der Waals surface area contributed by atoms with Crippen LogP contribution in [0.5, 0.6) is 5.75 Å². The number of nitrogens with zero attached hydrogens (tertiary/aromatic N) is 2. The molecular formula is C20H34N4O3. The van der Waals surface area contributed by atoms with E-state index in [4.69, 9.17) is 14.2 Å². The molecule has 152 valence electrons. The maximum Gasteiger partial charge on any atom is 0.195 e. The minimum Gasteiger partial charge on any atom is -0.493 e. The van der Waals surface area contributed by atoms with Gasteiger partial charge in [0.05, 0.1) is 19.8 Å². The molecule has 0 aromatic heterocycles. The molecule has 1 aliphatic rings. The van der Waals surface area contributed by atoms with Crippen LogP contribution in [0.25, 0.3) is 0 Å². The number of hydrogen-bond donors (Lipinski definition) is 2. The van der Waals surface area contributed by atoms with Gasteiger partial charge in [-0.3, -0.25) is 9.89 Å². The highest BCUT2D eigenvalue weighted by atomic mass is 16.5. The molecule has 27 heavy (non-hydrogen) atoms. The molecule has 1 fully saturated rings. The number of nitrogens with one attached hydrogen (secondary N) is 2. The van der Waals surface area contributed by atoms with Gasteiger partial charge in [0.2, 0.25) is 0 Å². The molecule has 7 nitrogen and oxygen atoms in total. The van der Waals surface area contributed by atoms with Gasteiger partial charge in [-0.25, -0.2) is 0 Å². The molecule has 0 bridgehead atoms. The molecule has 1 atom stereocenters. The molecule has 2 rings (SSSR count). The minimum absolute atomic E-state index is 0.525. The number of hydrogen-bond acceptors (Lipinski definition) is 5. The molecule has 2 N–H and O–H groups in total. The van der Waals surface area contributed by atoms with Crippen LogP contribution in [-0.4, -0.2) is 77.6 Å². The predicted molar refractivity (Wildman–Crippen MR) is 110 cm³/mol. The van der Waals surface area contributed by atoms with Crippen LogP contribution in [0.3, 0.4) is 0 Å². The molecule has 1 saturated heterocycles. The summed E-state index contributed by atoms with van der Waals surface area (Å²) < 4.78 is 16.2. The molecule has 1 heterocycles. The van der Waals surface area contributed by atoms with Crippen LogP contribution < -0.4 is 15.4 Å². The summed E-state index contributed by atoms with van der Waals surface area (Å²) in [5.74, 6) is 2.13. The van der Waals surface area contributed by atoms with Crippen LogP contribution >= 0.6 is 0 Å². The number of methoxy groups -OCH3 is 1. The van der Waals surface area contributed by atoms with Gasteiger partial charge in [-0.05, 0) is 18.1 Å². The second kappa shape index (κ2) is 12.5. The van der Waals surface area contributed by atoms with Crippen molar-refractivity contribution in [3.8, 4) is 5.75 Å². The Labute approximate surface area is 163 Å². The lowest BCUT2D eigenvalue weighted by Gasteiger charge is -2.29. The predicted octanol–water partition coefficient (Wildman–Crippen LogP) is 2.06. The van der Waals surface area contributed by atoms with E-state index in [-0.39, 0.29) is 0 Å². The Morgan fingerprint density at radius 2 is 2.11 bits per heavy atom. The van der Waals surface area contributed by atoms with Crippen molar-refractivity contribution in [2.75, 3.05) is 72.1 Å². The number of morpholine rings is 1.